The van der Waals surface area contributed by atoms with Crippen molar-refractivity contribution in [1.29, 1.82) is 0 Å². The molecule has 0 heterocycles. The molecule has 2 rings (SSSR count). The lowest BCUT2D eigenvalue weighted by atomic mass is 9.93. The molecular weight excluding hydrogens is 398 g/mol. The number of methoxy groups -OCH3 is 1. The maximum atomic E-state index is 12.8. The molecule has 0 bridgehead atoms. The largest absolute Gasteiger partial charge is 0.497 e. The number of ether oxygens (including phenoxy) is 1. The van der Waals surface area contributed by atoms with Crippen LogP contribution in [0.4, 0.5) is 10.5 Å². The minimum absolute atomic E-state index is 0.153. The van der Waals surface area contributed by atoms with E-state index in [4.69, 9.17) is 4.74 Å². The van der Waals surface area contributed by atoms with E-state index in [9.17, 15) is 4.79 Å². The number of hydrogen-bond donors (Lipinski definition) is 3. The fraction of sp³-hybridized carbons (Fsp3) is 0.519. The normalized spacial score (nSPS) is 12.3. The standard InChI is InChI=1S/C27H41N3O2/c1-18(2)15-22(28-16-21-11-13-23(32-7)14-12-21)17-29-27(31)30-26-24(19(3)4)9-8-10-25(26)20(5)6/h8-14,18-20,22,28H,15-17H2,1-7H3,(H2,29,30,31)/t22-/m0/s1. The molecule has 0 unspecified atom stereocenters. The number of urea groups is 1. The first-order chi connectivity index (χ1) is 15.2. The molecule has 2 aromatic rings. The van der Waals surface area contributed by atoms with Crippen molar-refractivity contribution >= 4 is 11.7 Å². The summed E-state index contributed by atoms with van der Waals surface area (Å²) in [6, 6.07) is 14.4. The van der Waals surface area contributed by atoms with E-state index in [2.05, 4.69) is 87.8 Å². The van der Waals surface area contributed by atoms with Crippen molar-refractivity contribution in [2.45, 2.75) is 72.4 Å². The van der Waals surface area contributed by atoms with Crippen LogP contribution in [0.2, 0.25) is 0 Å². The van der Waals surface area contributed by atoms with Gasteiger partial charge in [0, 0.05) is 24.8 Å². The Morgan fingerprint density at radius 2 is 1.50 bits per heavy atom. The number of nitrogens with one attached hydrogen (secondary N) is 3. The fourth-order valence-corrected chi connectivity index (χ4v) is 3.88. The Labute approximate surface area is 194 Å². The second kappa shape index (κ2) is 12.5. The van der Waals surface area contributed by atoms with E-state index in [1.54, 1.807) is 7.11 Å². The Morgan fingerprint density at radius 1 is 0.906 bits per heavy atom. The second-order valence-electron chi connectivity index (χ2n) is 9.51. The van der Waals surface area contributed by atoms with Gasteiger partial charge in [-0.05, 0) is 53.0 Å². The summed E-state index contributed by atoms with van der Waals surface area (Å²) in [4.78, 5) is 12.8. The molecule has 0 spiro atoms. The summed E-state index contributed by atoms with van der Waals surface area (Å²) in [5, 5.41) is 9.84. The average Bonchev–Trinajstić information content (AvgIpc) is 2.75. The van der Waals surface area contributed by atoms with Crippen LogP contribution in [-0.4, -0.2) is 25.7 Å². The van der Waals surface area contributed by atoms with Gasteiger partial charge >= 0.3 is 6.03 Å². The van der Waals surface area contributed by atoms with E-state index in [0.29, 0.717) is 24.3 Å². The van der Waals surface area contributed by atoms with Crippen LogP contribution in [0.5, 0.6) is 5.75 Å². The van der Waals surface area contributed by atoms with E-state index in [1.165, 1.54) is 16.7 Å². The van der Waals surface area contributed by atoms with Crippen LogP contribution >= 0.6 is 0 Å². The molecule has 0 aliphatic heterocycles. The Balaban J connectivity index is 2.01. The molecule has 0 aliphatic rings. The SMILES string of the molecule is COc1ccc(CN[C@H](CNC(=O)Nc2c(C(C)C)cccc2C(C)C)CC(C)C)cc1. The lowest BCUT2D eigenvalue weighted by Crippen LogP contribution is -2.43. The van der Waals surface area contributed by atoms with Gasteiger partial charge in [-0.2, -0.15) is 0 Å². The summed E-state index contributed by atoms with van der Waals surface area (Å²) in [5.74, 6) is 2.06. The Morgan fingerprint density at radius 3 is 2.00 bits per heavy atom. The van der Waals surface area contributed by atoms with Crippen molar-refractivity contribution < 1.29 is 9.53 Å². The van der Waals surface area contributed by atoms with Gasteiger partial charge in [0.2, 0.25) is 0 Å². The van der Waals surface area contributed by atoms with E-state index in [0.717, 1.165) is 24.4 Å². The highest BCUT2D eigenvalue weighted by atomic mass is 16.5. The van der Waals surface area contributed by atoms with Gasteiger partial charge in [-0.3, -0.25) is 0 Å². The van der Waals surface area contributed by atoms with E-state index < -0.39 is 0 Å². The van der Waals surface area contributed by atoms with Crippen LogP contribution in [0.1, 0.15) is 76.5 Å². The van der Waals surface area contributed by atoms with Gasteiger partial charge in [-0.1, -0.05) is 71.9 Å². The highest BCUT2D eigenvalue weighted by Gasteiger charge is 2.17. The predicted molar refractivity (Wildman–Crippen MR) is 135 cm³/mol. The summed E-state index contributed by atoms with van der Waals surface area (Å²) >= 11 is 0. The molecule has 32 heavy (non-hydrogen) atoms. The number of carbonyl (C=O) groups excluding carboxylic acids is 1. The van der Waals surface area contributed by atoms with Crippen LogP contribution in [0.25, 0.3) is 0 Å². The first kappa shape index (κ1) is 25.7. The van der Waals surface area contributed by atoms with Crippen molar-refractivity contribution in [3.63, 3.8) is 0 Å². The van der Waals surface area contributed by atoms with Gasteiger partial charge in [-0.15, -0.1) is 0 Å². The summed E-state index contributed by atoms with van der Waals surface area (Å²) in [7, 11) is 1.67. The zero-order valence-electron chi connectivity index (χ0n) is 20.8. The molecule has 2 aromatic carbocycles. The van der Waals surface area contributed by atoms with Gasteiger partial charge in [0.15, 0.2) is 0 Å². The Bertz CT molecular complexity index is 818. The van der Waals surface area contributed by atoms with Crippen molar-refractivity contribution in [2.75, 3.05) is 19.0 Å². The third-order valence-corrected chi connectivity index (χ3v) is 5.63. The quantitative estimate of drug-likeness (QED) is 0.387. The molecule has 5 nitrogen and oxygen atoms in total. The van der Waals surface area contributed by atoms with Gasteiger partial charge in [-0.25, -0.2) is 4.79 Å². The summed E-state index contributed by atoms with van der Waals surface area (Å²) in [6.07, 6.45) is 0.982. The maximum absolute atomic E-state index is 12.8. The molecule has 176 valence electrons. The number of hydrogen-bond acceptors (Lipinski definition) is 3. The third kappa shape index (κ3) is 7.86. The predicted octanol–water partition coefficient (Wildman–Crippen LogP) is 6.27. The smallest absolute Gasteiger partial charge is 0.319 e. The molecular formula is C27H41N3O2. The minimum Gasteiger partial charge on any atom is -0.497 e. The summed E-state index contributed by atoms with van der Waals surface area (Å²) in [6.45, 7) is 14.4. The maximum Gasteiger partial charge on any atom is 0.319 e. The molecule has 0 radical (unpaired) electrons. The van der Waals surface area contributed by atoms with Crippen LogP contribution in [0.3, 0.4) is 0 Å². The van der Waals surface area contributed by atoms with Crippen molar-refractivity contribution in [1.82, 2.24) is 10.6 Å². The van der Waals surface area contributed by atoms with E-state index in [1.807, 2.05) is 12.1 Å². The van der Waals surface area contributed by atoms with Crippen LogP contribution in [-0.2, 0) is 6.54 Å². The zero-order chi connectivity index (χ0) is 23.7. The molecule has 1 atom stereocenters. The Hall–Kier alpha value is -2.53. The van der Waals surface area contributed by atoms with E-state index in [-0.39, 0.29) is 12.1 Å². The van der Waals surface area contributed by atoms with Crippen molar-refractivity contribution in [3.05, 3.63) is 59.2 Å². The zero-order valence-corrected chi connectivity index (χ0v) is 20.8. The highest BCUT2D eigenvalue weighted by molar-refractivity contribution is 5.91. The van der Waals surface area contributed by atoms with Crippen molar-refractivity contribution in [2.24, 2.45) is 5.92 Å². The molecule has 0 fully saturated rings. The van der Waals surface area contributed by atoms with Gasteiger partial charge in [0.1, 0.15) is 5.75 Å². The third-order valence-electron chi connectivity index (χ3n) is 5.63. The van der Waals surface area contributed by atoms with E-state index >= 15 is 0 Å². The first-order valence-corrected chi connectivity index (χ1v) is 11.7. The first-order valence-electron chi connectivity index (χ1n) is 11.7. The highest BCUT2D eigenvalue weighted by Crippen LogP contribution is 2.32. The average molecular weight is 440 g/mol. The van der Waals surface area contributed by atoms with Gasteiger partial charge < -0.3 is 20.7 Å². The summed E-state index contributed by atoms with van der Waals surface area (Å²) in [5.41, 5.74) is 4.48. The lowest BCUT2D eigenvalue weighted by Gasteiger charge is -2.23. The van der Waals surface area contributed by atoms with Gasteiger partial charge in [0.25, 0.3) is 0 Å². The van der Waals surface area contributed by atoms with Crippen LogP contribution in [0, 0.1) is 5.92 Å². The molecule has 0 aromatic heterocycles. The molecule has 0 saturated carbocycles. The number of rotatable bonds is 11. The molecule has 3 N–H and O–H groups in total. The number of anilines is 1. The summed E-state index contributed by atoms with van der Waals surface area (Å²) < 4.78 is 5.23. The molecule has 5 heteroatoms. The molecule has 0 aliphatic carbocycles. The van der Waals surface area contributed by atoms with Crippen LogP contribution < -0.4 is 20.7 Å². The van der Waals surface area contributed by atoms with Crippen LogP contribution in [0.15, 0.2) is 42.5 Å². The molecule has 0 saturated heterocycles. The lowest BCUT2D eigenvalue weighted by molar-refractivity contribution is 0.249. The number of para-hydroxylation sites is 1. The number of benzene rings is 2. The Kier molecular flexibility index (Phi) is 10.0. The monoisotopic (exact) mass is 439 g/mol. The van der Waals surface area contributed by atoms with Crippen molar-refractivity contribution in [3.8, 4) is 5.75 Å². The topological polar surface area (TPSA) is 62.4 Å². The second-order valence-corrected chi connectivity index (χ2v) is 9.51. The molecule has 2 amide bonds. The number of carbonyl (C=O) groups is 1. The number of amides is 2. The van der Waals surface area contributed by atoms with Gasteiger partial charge in [0.05, 0.1) is 7.11 Å². The minimum atomic E-state index is -0.153. The fourth-order valence-electron chi connectivity index (χ4n) is 3.88.